The molecule has 8 heteroatoms. The lowest BCUT2D eigenvalue weighted by Crippen LogP contribution is -2.61. The van der Waals surface area contributed by atoms with E-state index in [1.807, 2.05) is 30.3 Å². The second kappa shape index (κ2) is 7.21. The van der Waals surface area contributed by atoms with Crippen molar-refractivity contribution in [2.45, 2.75) is 11.0 Å². The Morgan fingerprint density at radius 3 is 2.78 bits per heavy atom. The Labute approximate surface area is 161 Å². The van der Waals surface area contributed by atoms with E-state index in [9.17, 15) is 14.7 Å². The van der Waals surface area contributed by atoms with Gasteiger partial charge >= 0.3 is 6.09 Å². The second-order valence-electron chi connectivity index (χ2n) is 6.77. The van der Waals surface area contributed by atoms with Gasteiger partial charge in [0.05, 0.1) is 5.54 Å². The molecule has 0 saturated carbocycles. The smallest absolute Gasteiger partial charge is 0.407 e. The van der Waals surface area contributed by atoms with Gasteiger partial charge in [-0.1, -0.05) is 24.3 Å². The van der Waals surface area contributed by atoms with Crippen LogP contribution in [0.15, 0.2) is 54.9 Å². The van der Waals surface area contributed by atoms with Crippen LogP contribution in [-0.4, -0.2) is 51.3 Å². The van der Waals surface area contributed by atoms with E-state index < -0.39 is 11.6 Å². The zero-order valence-electron chi connectivity index (χ0n) is 14.5. The molecule has 7 nitrogen and oxygen atoms in total. The average molecular weight is 384 g/mol. The van der Waals surface area contributed by atoms with Crippen molar-refractivity contribution in [1.82, 2.24) is 20.5 Å². The number of carboxylic acid groups (broad SMARTS) is 1. The third kappa shape index (κ3) is 3.38. The molecular weight excluding hydrogens is 364 g/mol. The SMILES string of the molecule is O=C(NC1NC2(c3cccnc3)CN(C(=O)O)CC2CS1)c1ccccc1. The molecule has 0 radical (unpaired) electrons. The Balaban J connectivity index is 1.59. The first-order chi connectivity index (χ1) is 13.1. The van der Waals surface area contributed by atoms with E-state index in [1.54, 1.807) is 36.3 Å². The lowest BCUT2D eigenvalue weighted by atomic mass is 9.82. The highest BCUT2D eigenvalue weighted by molar-refractivity contribution is 7.99. The van der Waals surface area contributed by atoms with Gasteiger partial charge in [0.2, 0.25) is 0 Å². The quantitative estimate of drug-likeness (QED) is 0.749. The van der Waals surface area contributed by atoms with E-state index in [1.165, 1.54) is 4.90 Å². The molecule has 2 amide bonds. The maximum atomic E-state index is 12.5. The topological polar surface area (TPSA) is 94.6 Å². The normalized spacial score (nSPS) is 27.0. The molecule has 2 aliphatic rings. The highest BCUT2D eigenvalue weighted by Crippen LogP contribution is 2.43. The molecule has 140 valence electrons. The minimum absolute atomic E-state index is 0.104. The predicted molar refractivity (Wildman–Crippen MR) is 102 cm³/mol. The van der Waals surface area contributed by atoms with Crippen molar-refractivity contribution in [1.29, 1.82) is 0 Å². The van der Waals surface area contributed by atoms with Crippen molar-refractivity contribution < 1.29 is 14.7 Å². The molecule has 1 aromatic carbocycles. The Kier molecular flexibility index (Phi) is 4.75. The summed E-state index contributed by atoms with van der Waals surface area (Å²) < 4.78 is 0. The summed E-state index contributed by atoms with van der Waals surface area (Å²) in [4.78, 5) is 29.8. The summed E-state index contributed by atoms with van der Waals surface area (Å²) in [5.74, 6) is 0.687. The van der Waals surface area contributed by atoms with Crippen molar-refractivity contribution in [3.63, 3.8) is 0 Å². The molecule has 1 aromatic heterocycles. The molecule has 3 unspecified atom stereocenters. The van der Waals surface area contributed by atoms with E-state index in [-0.39, 0.29) is 17.3 Å². The Morgan fingerprint density at radius 1 is 1.26 bits per heavy atom. The van der Waals surface area contributed by atoms with E-state index in [4.69, 9.17) is 0 Å². The van der Waals surface area contributed by atoms with Crippen LogP contribution in [0.5, 0.6) is 0 Å². The fourth-order valence-corrected chi connectivity index (χ4v) is 5.11. The minimum atomic E-state index is -0.927. The van der Waals surface area contributed by atoms with Gasteiger partial charge < -0.3 is 15.3 Å². The highest BCUT2D eigenvalue weighted by atomic mass is 32.2. The largest absolute Gasteiger partial charge is 0.465 e. The van der Waals surface area contributed by atoms with Gasteiger partial charge in [0.1, 0.15) is 5.50 Å². The third-order valence-electron chi connectivity index (χ3n) is 5.18. The van der Waals surface area contributed by atoms with Crippen LogP contribution in [0, 0.1) is 5.92 Å². The molecular formula is C19H20N4O3S. The van der Waals surface area contributed by atoms with Gasteiger partial charge in [0.25, 0.3) is 5.91 Å². The van der Waals surface area contributed by atoms with Crippen molar-refractivity contribution in [3.05, 3.63) is 66.0 Å². The summed E-state index contributed by atoms with van der Waals surface area (Å²) in [6, 6.07) is 12.9. The number of fused-ring (bicyclic) bond motifs is 1. The Bertz CT molecular complexity index is 835. The van der Waals surface area contributed by atoms with Crippen LogP contribution in [0.25, 0.3) is 0 Å². The predicted octanol–water partition coefficient (Wildman–Crippen LogP) is 1.94. The third-order valence-corrected chi connectivity index (χ3v) is 6.34. The fourth-order valence-electron chi connectivity index (χ4n) is 3.82. The average Bonchev–Trinajstić information content (AvgIpc) is 3.10. The minimum Gasteiger partial charge on any atom is -0.465 e. The number of amides is 2. The summed E-state index contributed by atoms with van der Waals surface area (Å²) in [6.07, 6.45) is 2.55. The number of carbonyl (C=O) groups is 2. The van der Waals surface area contributed by atoms with Crippen LogP contribution in [-0.2, 0) is 5.54 Å². The monoisotopic (exact) mass is 384 g/mol. The number of nitrogens with one attached hydrogen (secondary N) is 2. The van der Waals surface area contributed by atoms with Crippen LogP contribution in [0.1, 0.15) is 15.9 Å². The number of likely N-dealkylation sites (tertiary alicyclic amines) is 1. The summed E-state index contributed by atoms with van der Waals surface area (Å²) in [7, 11) is 0. The Morgan fingerprint density at radius 2 is 2.07 bits per heavy atom. The van der Waals surface area contributed by atoms with Crippen LogP contribution in [0.4, 0.5) is 4.79 Å². The van der Waals surface area contributed by atoms with Gasteiger partial charge in [-0.2, -0.15) is 0 Å². The summed E-state index contributed by atoms with van der Waals surface area (Å²) >= 11 is 1.59. The van der Waals surface area contributed by atoms with E-state index in [2.05, 4.69) is 15.6 Å². The number of hydrogen-bond acceptors (Lipinski definition) is 5. The number of aromatic nitrogens is 1. The first kappa shape index (κ1) is 17.8. The molecule has 3 heterocycles. The van der Waals surface area contributed by atoms with Crippen LogP contribution in [0.2, 0.25) is 0 Å². The molecule has 4 rings (SSSR count). The first-order valence-corrected chi connectivity index (χ1v) is 9.77. The van der Waals surface area contributed by atoms with E-state index in [0.29, 0.717) is 18.7 Å². The Hall–Kier alpha value is -2.58. The molecule has 0 aliphatic carbocycles. The van der Waals surface area contributed by atoms with Crippen molar-refractivity contribution in [2.75, 3.05) is 18.8 Å². The molecule has 0 spiro atoms. The lowest BCUT2D eigenvalue weighted by molar-refractivity contribution is 0.0931. The zero-order chi connectivity index (χ0) is 18.9. The van der Waals surface area contributed by atoms with Gasteiger partial charge in [-0.25, -0.2) is 4.79 Å². The van der Waals surface area contributed by atoms with Crippen LogP contribution >= 0.6 is 11.8 Å². The fraction of sp³-hybridized carbons (Fsp3) is 0.316. The number of pyridine rings is 1. The second-order valence-corrected chi connectivity index (χ2v) is 7.91. The maximum Gasteiger partial charge on any atom is 0.407 e. The number of nitrogens with zero attached hydrogens (tertiary/aromatic N) is 2. The van der Waals surface area contributed by atoms with E-state index in [0.717, 1.165) is 11.3 Å². The summed E-state index contributed by atoms with van der Waals surface area (Å²) in [5, 5.41) is 16.0. The first-order valence-electron chi connectivity index (χ1n) is 8.72. The van der Waals surface area contributed by atoms with Crippen molar-refractivity contribution in [3.8, 4) is 0 Å². The molecule has 2 fully saturated rings. The number of thioether (sulfide) groups is 1. The lowest BCUT2D eigenvalue weighted by Gasteiger charge is -2.43. The number of rotatable bonds is 3. The van der Waals surface area contributed by atoms with Crippen molar-refractivity contribution in [2.24, 2.45) is 5.92 Å². The van der Waals surface area contributed by atoms with Crippen LogP contribution in [0.3, 0.4) is 0 Å². The molecule has 27 heavy (non-hydrogen) atoms. The van der Waals surface area contributed by atoms with Gasteiger partial charge in [-0.3, -0.25) is 15.1 Å². The molecule has 2 aromatic rings. The molecule has 3 atom stereocenters. The molecule has 0 bridgehead atoms. The molecule has 3 N–H and O–H groups in total. The molecule has 2 aliphatic heterocycles. The number of carbonyl (C=O) groups excluding carboxylic acids is 1. The van der Waals surface area contributed by atoms with Gasteiger partial charge in [-0.05, 0) is 23.8 Å². The van der Waals surface area contributed by atoms with Gasteiger partial charge in [-0.15, -0.1) is 11.8 Å². The van der Waals surface area contributed by atoms with Crippen LogP contribution < -0.4 is 10.6 Å². The molecule has 2 saturated heterocycles. The van der Waals surface area contributed by atoms with E-state index >= 15 is 0 Å². The standard InChI is InChI=1S/C19H20N4O3S/c24-16(13-5-2-1-3-6-13)21-17-22-19(14-7-4-8-20-9-14)12-23(18(25)26)10-15(19)11-27-17/h1-9,15,17,22H,10-12H2,(H,21,24)(H,25,26). The number of benzene rings is 1. The van der Waals surface area contributed by atoms with Gasteiger partial charge in [0.15, 0.2) is 0 Å². The van der Waals surface area contributed by atoms with Gasteiger partial charge in [0, 0.05) is 42.7 Å². The summed E-state index contributed by atoms with van der Waals surface area (Å²) in [5.41, 5.74) is 0.656. The van der Waals surface area contributed by atoms with Crippen molar-refractivity contribution >= 4 is 23.8 Å². The maximum absolute atomic E-state index is 12.5. The zero-order valence-corrected chi connectivity index (χ0v) is 15.4. The summed E-state index contributed by atoms with van der Waals surface area (Å²) in [6.45, 7) is 0.792. The highest BCUT2D eigenvalue weighted by Gasteiger charge is 2.53. The number of hydrogen-bond donors (Lipinski definition) is 3.